The monoisotopic (exact) mass is 284 g/mol. The van der Waals surface area contributed by atoms with E-state index in [-0.39, 0.29) is 11.9 Å². The molecule has 0 radical (unpaired) electrons. The molecular weight excluding hydrogens is 256 g/mol. The third kappa shape index (κ3) is 3.72. The van der Waals surface area contributed by atoms with Gasteiger partial charge >= 0.3 is 5.97 Å². The van der Waals surface area contributed by atoms with Crippen LogP contribution in [0.15, 0.2) is 0 Å². The average Bonchev–Trinajstić information content (AvgIpc) is 2.86. The first kappa shape index (κ1) is 17.0. The Morgan fingerprint density at radius 1 is 1.25 bits per heavy atom. The normalized spacial score (nSPS) is 25.6. The zero-order valence-corrected chi connectivity index (χ0v) is 13.4. The fraction of sp³-hybridized carbons (Fsp3) is 0.867. The Balaban J connectivity index is 2.53. The third-order valence-electron chi connectivity index (χ3n) is 4.36. The number of rotatable bonds is 7. The average molecular weight is 284 g/mol. The van der Waals surface area contributed by atoms with Gasteiger partial charge in [-0.3, -0.25) is 9.59 Å². The van der Waals surface area contributed by atoms with Crippen LogP contribution in [-0.2, 0) is 9.59 Å². The standard InChI is InChI=1S/C15H28N2O3/c1-9(2)7-10(17(5)6)8-16-13(18)11-12(14(19)20)15(11,3)4/h9-12H,7-8H2,1-6H3,(H,16,18)(H,19,20)/t10?,11-,12+/m1/s1. The first-order valence-corrected chi connectivity index (χ1v) is 7.26. The molecule has 0 aromatic carbocycles. The van der Waals surface area contributed by atoms with Crippen LogP contribution in [0.4, 0.5) is 0 Å². The maximum Gasteiger partial charge on any atom is 0.307 e. The molecule has 1 unspecified atom stereocenters. The van der Waals surface area contributed by atoms with Crippen molar-refractivity contribution in [3.63, 3.8) is 0 Å². The molecule has 5 heteroatoms. The first-order valence-electron chi connectivity index (χ1n) is 7.26. The Morgan fingerprint density at radius 3 is 2.15 bits per heavy atom. The fourth-order valence-corrected chi connectivity index (χ4v) is 2.94. The number of hydrogen-bond acceptors (Lipinski definition) is 3. The summed E-state index contributed by atoms with van der Waals surface area (Å²) in [6.07, 6.45) is 1.00. The van der Waals surface area contributed by atoms with Crippen molar-refractivity contribution in [2.75, 3.05) is 20.6 Å². The summed E-state index contributed by atoms with van der Waals surface area (Å²) in [4.78, 5) is 25.4. The lowest BCUT2D eigenvalue weighted by Gasteiger charge is -2.26. The Kier molecular flexibility index (Phi) is 5.19. The summed E-state index contributed by atoms with van der Waals surface area (Å²) in [5.74, 6) is -1.39. The maximum atomic E-state index is 12.2. The zero-order chi connectivity index (χ0) is 15.7. The SMILES string of the molecule is CC(C)CC(CNC(=O)[C@H]1[C@@H](C(=O)O)C1(C)C)N(C)C. The predicted octanol–water partition coefficient (Wildman–Crippen LogP) is 1.44. The van der Waals surface area contributed by atoms with E-state index in [0.717, 1.165) is 6.42 Å². The van der Waals surface area contributed by atoms with E-state index in [4.69, 9.17) is 5.11 Å². The lowest BCUT2D eigenvalue weighted by atomic mass is 10.0. The maximum absolute atomic E-state index is 12.2. The van der Waals surface area contributed by atoms with E-state index in [2.05, 4.69) is 24.1 Å². The van der Waals surface area contributed by atoms with Crippen molar-refractivity contribution in [2.45, 2.75) is 40.2 Å². The van der Waals surface area contributed by atoms with Crippen LogP contribution in [0.25, 0.3) is 0 Å². The van der Waals surface area contributed by atoms with Crippen molar-refractivity contribution < 1.29 is 14.7 Å². The van der Waals surface area contributed by atoms with Gasteiger partial charge in [0.1, 0.15) is 0 Å². The highest BCUT2D eigenvalue weighted by molar-refractivity contribution is 5.91. The molecule has 3 atom stereocenters. The molecule has 0 aliphatic heterocycles. The predicted molar refractivity (Wildman–Crippen MR) is 78.3 cm³/mol. The van der Waals surface area contributed by atoms with Gasteiger partial charge in [-0.15, -0.1) is 0 Å². The van der Waals surface area contributed by atoms with Crippen molar-refractivity contribution in [1.29, 1.82) is 0 Å². The second kappa shape index (κ2) is 6.12. The number of likely N-dealkylation sites (N-methyl/N-ethyl adjacent to an activating group) is 1. The summed E-state index contributed by atoms with van der Waals surface area (Å²) in [5, 5.41) is 12.0. The number of nitrogens with zero attached hydrogens (tertiary/aromatic N) is 1. The molecule has 2 N–H and O–H groups in total. The minimum Gasteiger partial charge on any atom is -0.481 e. The molecule has 0 saturated heterocycles. The summed E-state index contributed by atoms with van der Waals surface area (Å²) in [5.41, 5.74) is -0.429. The van der Waals surface area contributed by atoms with Gasteiger partial charge in [0.25, 0.3) is 0 Å². The van der Waals surface area contributed by atoms with Gasteiger partial charge in [0.2, 0.25) is 5.91 Å². The van der Waals surface area contributed by atoms with Gasteiger partial charge in [-0.2, -0.15) is 0 Å². The van der Waals surface area contributed by atoms with Crippen LogP contribution in [0.2, 0.25) is 0 Å². The van der Waals surface area contributed by atoms with Crippen molar-refractivity contribution in [3.8, 4) is 0 Å². The fourth-order valence-electron chi connectivity index (χ4n) is 2.94. The number of carbonyl (C=O) groups excluding carboxylic acids is 1. The van der Waals surface area contributed by atoms with Crippen LogP contribution in [-0.4, -0.2) is 48.6 Å². The van der Waals surface area contributed by atoms with E-state index in [1.807, 2.05) is 27.9 Å². The smallest absolute Gasteiger partial charge is 0.307 e. The first-order chi connectivity index (χ1) is 9.09. The number of aliphatic carboxylic acids is 1. The minimum absolute atomic E-state index is 0.127. The lowest BCUT2D eigenvalue weighted by Crippen LogP contribution is -2.42. The number of nitrogens with one attached hydrogen (secondary N) is 1. The molecule has 0 spiro atoms. The summed E-state index contributed by atoms with van der Waals surface area (Å²) in [7, 11) is 4.00. The third-order valence-corrected chi connectivity index (χ3v) is 4.36. The number of carboxylic acid groups (broad SMARTS) is 1. The highest BCUT2D eigenvalue weighted by Crippen LogP contribution is 2.58. The lowest BCUT2D eigenvalue weighted by molar-refractivity contribution is -0.140. The van der Waals surface area contributed by atoms with Crippen molar-refractivity contribution in [2.24, 2.45) is 23.2 Å². The van der Waals surface area contributed by atoms with Crippen LogP contribution < -0.4 is 5.32 Å². The Bertz CT molecular complexity index is 377. The minimum atomic E-state index is -0.874. The molecule has 1 aliphatic carbocycles. The van der Waals surface area contributed by atoms with Gasteiger partial charge in [0.05, 0.1) is 11.8 Å². The van der Waals surface area contributed by atoms with E-state index in [1.165, 1.54) is 0 Å². The van der Waals surface area contributed by atoms with Gasteiger partial charge in [-0.1, -0.05) is 27.7 Å². The zero-order valence-electron chi connectivity index (χ0n) is 13.4. The van der Waals surface area contributed by atoms with Crippen LogP contribution in [0.3, 0.4) is 0 Å². The second-order valence-corrected chi connectivity index (χ2v) is 7.11. The molecule has 0 bridgehead atoms. The van der Waals surface area contributed by atoms with Gasteiger partial charge in [-0.25, -0.2) is 0 Å². The molecule has 1 rings (SSSR count). The van der Waals surface area contributed by atoms with Gasteiger partial charge < -0.3 is 15.3 Å². The van der Waals surface area contributed by atoms with Crippen LogP contribution >= 0.6 is 0 Å². The van der Waals surface area contributed by atoms with E-state index >= 15 is 0 Å². The molecule has 5 nitrogen and oxygen atoms in total. The molecule has 20 heavy (non-hydrogen) atoms. The highest BCUT2D eigenvalue weighted by Gasteiger charge is 2.65. The molecule has 0 aromatic heterocycles. The Labute approximate surface area is 121 Å². The van der Waals surface area contributed by atoms with Gasteiger partial charge in [-0.05, 0) is 31.8 Å². The molecule has 116 valence electrons. The van der Waals surface area contributed by atoms with Crippen LogP contribution in [0.5, 0.6) is 0 Å². The molecular formula is C15H28N2O3. The summed E-state index contributed by atoms with van der Waals surface area (Å²) < 4.78 is 0. The number of hydrogen-bond donors (Lipinski definition) is 2. The molecule has 0 heterocycles. The summed E-state index contributed by atoms with van der Waals surface area (Å²) in [6, 6.07) is 0.282. The van der Waals surface area contributed by atoms with Crippen molar-refractivity contribution >= 4 is 11.9 Å². The van der Waals surface area contributed by atoms with Crippen molar-refractivity contribution in [3.05, 3.63) is 0 Å². The quantitative estimate of drug-likeness (QED) is 0.742. The van der Waals surface area contributed by atoms with Crippen molar-refractivity contribution in [1.82, 2.24) is 10.2 Å². The largest absolute Gasteiger partial charge is 0.481 e. The molecule has 1 fully saturated rings. The van der Waals surface area contributed by atoms with E-state index in [0.29, 0.717) is 12.5 Å². The molecule has 1 amide bonds. The van der Waals surface area contributed by atoms with E-state index in [9.17, 15) is 9.59 Å². The number of amides is 1. The van der Waals surface area contributed by atoms with Gasteiger partial charge in [0.15, 0.2) is 0 Å². The Hall–Kier alpha value is -1.10. The van der Waals surface area contributed by atoms with E-state index in [1.54, 1.807) is 0 Å². The number of carbonyl (C=O) groups is 2. The highest BCUT2D eigenvalue weighted by atomic mass is 16.4. The van der Waals surface area contributed by atoms with Crippen LogP contribution in [0, 0.1) is 23.2 Å². The molecule has 1 saturated carbocycles. The second-order valence-electron chi connectivity index (χ2n) is 7.11. The molecule has 0 aromatic rings. The molecule has 1 aliphatic rings. The van der Waals surface area contributed by atoms with Gasteiger partial charge in [0, 0.05) is 12.6 Å². The topological polar surface area (TPSA) is 69.6 Å². The summed E-state index contributed by atoms with van der Waals surface area (Å²) in [6.45, 7) is 8.57. The Morgan fingerprint density at radius 2 is 1.80 bits per heavy atom. The van der Waals surface area contributed by atoms with Crippen LogP contribution in [0.1, 0.15) is 34.1 Å². The van der Waals surface area contributed by atoms with E-state index < -0.39 is 23.2 Å². The number of carboxylic acids is 1. The summed E-state index contributed by atoms with van der Waals surface area (Å²) >= 11 is 0.